The van der Waals surface area contributed by atoms with Gasteiger partial charge in [0.05, 0.1) is 6.04 Å². The molecule has 0 bridgehead atoms. The highest BCUT2D eigenvalue weighted by Gasteiger charge is 2.18. The lowest BCUT2D eigenvalue weighted by Crippen LogP contribution is -2.43. The number of esters is 1. The average molecular weight is 382 g/mol. The van der Waals surface area contributed by atoms with Crippen LogP contribution in [0.4, 0.5) is 0 Å². The zero-order valence-electron chi connectivity index (χ0n) is 15.5. The maximum Gasteiger partial charge on any atom is 0.325 e. The summed E-state index contributed by atoms with van der Waals surface area (Å²) in [6.07, 6.45) is 0.350. The molecule has 7 nitrogen and oxygen atoms in total. The van der Waals surface area contributed by atoms with Gasteiger partial charge in [-0.15, -0.1) is 0 Å². The highest BCUT2D eigenvalue weighted by atomic mass is 16.5. The standard InChI is InChI=1S/C21H22N2O5/c1-15(24)18(12-16-8-4-2-5-9-16)23-19(25)14-28-20(26)13-22-21(27)17-10-6-3-7-11-17/h2-11,18H,12-14H2,1H3,(H,22,27)(H,23,25)/t18-/m0/s1. The molecule has 7 heteroatoms. The molecule has 146 valence electrons. The van der Waals surface area contributed by atoms with E-state index in [1.807, 2.05) is 30.3 Å². The summed E-state index contributed by atoms with van der Waals surface area (Å²) in [5.74, 6) is -1.94. The number of hydrogen-bond acceptors (Lipinski definition) is 5. The fraction of sp³-hybridized carbons (Fsp3) is 0.238. The van der Waals surface area contributed by atoms with Crippen LogP contribution < -0.4 is 10.6 Å². The molecule has 0 aliphatic rings. The summed E-state index contributed by atoms with van der Waals surface area (Å²) in [6, 6.07) is 17.0. The second-order valence-electron chi connectivity index (χ2n) is 6.13. The molecule has 0 heterocycles. The molecule has 2 rings (SSSR count). The Morgan fingerprint density at radius 3 is 2.14 bits per heavy atom. The van der Waals surface area contributed by atoms with Crippen molar-refractivity contribution in [1.82, 2.24) is 10.6 Å². The summed E-state index contributed by atoms with van der Waals surface area (Å²) < 4.78 is 4.84. The van der Waals surface area contributed by atoms with Gasteiger partial charge in [0.2, 0.25) is 0 Å². The van der Waals surface area contributed by atoms with Gasteiger partial charge in [-0.05, 0) is 31.0 Å². The molecule has 0 saturated heterocycles. The molecule has 0 fully saturated rings. The summed E-state index contributed by atoms with van der Waals surface area (Å²) in [7, 11) is 0. The molecule has 0 aliphatic heterocycles. The van der Waals surface area contributed by atoms with E-state index in [-0.39, 0.29) is 12.3 Å². The van der Waals surface area contributed by atoms with Crippen LogP contribution in [-0.2, 0) is 25.5 Å². The van der Waals surface area contributed by atoms with Crippen molar-refractivity contribution in [1.29, 1.82) is 0 Å². The van der Waals surface area contributed by atoms with Crippen LogP contribution in [0.25, 0.3) is 0 Å². The lowest BCUT2D eigenvalue weighted by atomic mass is 10.0. The lowest BCUT2D eigenvalue weighted by Gasteiger charge is -2.16. The van der Waals surface area contributed by atoms with Crippen LogP contribution in [0.5, 0.6) is 0 Å². The third-order valence-corrected chi connectivity index (χ3v) is 3.90. The quantitative estimate of drug-likeness (QED) is 0.636. The molecule has 2 amide bonds. The van der Waals surface area contributed by atoms with E-state index >= 15 is 0 Å². The zero-order valence-corrected chi connectivity index (χ0v) is 15.5. The molecular weight excluding hydrogens is 360 g/mol. The minimum Gasteiger partial charge on any atom is -0.454 e. The first kappa shape index (κ1) is 20.8. The van der Waals surface area contributed by atoms with Gasteiger partial charge in [-0.25, -0.2) is 0 Å². The number of amides is 2. The topological polar surface area (TPSA) is 102 Å². The number of benzene rings is 2. The van der Waals surface area contributed by atoms with Crippen molar-refractivity contribution in [3.63, 3.8) is 0 Å². The van der Waals surface area contributed by atoms with Crippen molar-refractivity contribution in [2.45, 2.75) is 19.4 Å². The maximum absolute atomic E-state index is 12.0. The third-order valence-electron chi connectivity index (χ3n) is 3.90. The summed E-state index contributed by atoms with van der Waals surface area (Å²) in [5, 5.41) is 4.97. The number of carbonyl (C=O) groups excluding carboxylic acids is 4. The Morgan fingerprint density at radius 2 is 1.54 bits per heavy atom. The van der Waals surface area contributed by atoms with Crippen molar-refractivity contribution < 1.29 is 23.9 Å². The molecule has 2 N–H and O–H groups in total. The van der Waals surface area contributed by atoms with Crippen molar-refractivity contribution in [3.05, 3.63) is 71.8 Å². The summed E-state index contributed by atoms with van der Waals surface area (Å²) in [5.41, 5.74) is 1.32. The van der Waals surface area contributed by atoms with E-state index < -0.39 is 30.4 Å². The molecule has 28 heavy (non-hydrogen) atoms. The first-order chi connectivity index (χ1) is 13.5. The fourth-order valence-electron chi connectivity index (χ4n) is 2.42. The largest absolute Gasteiger partial charge is 0.454 e. The average Bonchev–Trinajstić information content (AvgIpc) is 2.71. The molecule has 0 aliphatic carbocycles. The fourth-order valence-corrected chi connectivity index (χ4v) is 2.42. The van der Waals surface area contributed by atoms with E-state index in [1.165, 1.54) is 6.92 Å². The number of Topliss-reactive ketones (excluding diaryl/α,β-unsaturated/α-hetero) is 1. The number of ketones is 1. The van der Waals surface area contributed by atoms with E-state index in [1.54, 1.807) is 30.3 Å². The first-order valence-corrected chi connectivity index (χ1v) is 8.78. The Kier molecular flexibility index (Phi) is 7.90. The van der Waals surface area contributed by atoms with Crippen LogP contribution in [0.15, 0.2) is 60.7 Å². The molecule has 0 unspecified atom stereocenters. The van der Waals surface area contributed by atoms with Gasteiger partial charge >= 0.3 is 5.97 Å². The van der Waals surface area contributed by atoms with Crippen molar-refractivity contribution in [3.8, 4) is 0 Å². The molecule has 0 saturated carbocycles. The maximum atomic E-state index is 12.0. The molecule has 0 radical (unpaired) electrons. The van der Waals surface area contributed by atoms with Gasteiger partial charge in [-0.3, -0.25) is 19.2 Å². The number of rotatable bonds is 9. The highest BCUT2D eigenvalue weighted by molar-refractivity contribution is 5.96. The molecule has 1 atom stereocenters. The van der Waals surface area contributed by atoms with Crippen LogP contribution in [0, 0.1) is 0 Å². The van der Waals surface area contributed by atoms with E-state index in [0.717, 1.165) is 5.56 Å². The number of hydrogen-bond donors (Lipinski definition) is 2. The predicted octanol–water partition coefficient (Wildman–Crippen LogP) is 1.28. The normalized spacial score (nSPS) is 11.2. The minimum atomic E-state index is -0.748. The third kappa shape index (κ3) is 7.03. The van der Waals surface area contributed by atoms with Gasteiger partial charge in [0.15, 0.2) is 12.4 Å². The minimum absolute atomic E-state index is 0.196. The smallest absolute Gasteiger partial charge is 0.325 e. The predicted molar refractivity (Wildman–Crippen MR) is 102 cm³/mol. The monoisotopic (exact) mass is 382 g/mol. The number of ether oxygens (including phenoxy) is 1. The van der Waals surface area contributed by atoms with Crippen molar-refractivity contribution in [2.24, 2.45) is 0 Å². The highest BCUT2D eigenvalue weighted by Crippen LogP contribution is 2.04. The van der Waals surface area contributed by atoms with E-state index in [0.29, 0.717) is 12.0 Å². The summed E-state index contributed by atoms with van der Waals surface area (Å²) >= 11 is 0. The van der Waals surface area contributed by atoms with Crippen LogP contribution in [0.3, 0.4) is 0 Å². The Balaban J connectivity index is 1.74. The second-order valence-corrected chi connectivity index (χ2v) is 6.13. The van der Waals surface area contributed by atoms with Gasteiger partial charge in [0.25, 0.3) is 11.8 Å². The SMILES string of the molecule is CC(=O)[C@H](Cc1ccccc1)NC(=O)COC(=O)CNC(=O)c1ccccc1. The van der Waals surface area contributed by atoms with Gasteiger partial charge < -0.3 is 15.4 Å². The van der Waals surface area contributed by atoms with E-state index in [9.17, 15) is 19.2 Å². The summed E-state index contributed by atoms with van der Waals surface area (Å²) in [4.78, 5) is 47.3. The Hall–Kier alpha value is -3.48. The second kappa shape index (κ2) is 10.6. The van der Waals surface area contributed by atoms with Crippen LogP contribution in [0.1, 0.15) is 22.8 Å². The number of nitrogens with one attached hydrogen (secondary N) is 2. The van der Waals surface area contributed by atoms with Gasteiger partial charge in [0.1, 0.15) is 6.54 Å². The van der Waals surface area contributed by atoms with Crippen LogP contribution in [0.2, 0.25) is 0 Å². The Labute approximate surface area is 163 Å². The van der Waals surface area contributed by atoms with Gasteiger partial charge in [-0.1, -0.05) is 48.5 Å². The van der Waals surface area contributed by atoms with E-state index in [2.05, 4.69) is 10.6 Å². The Morgan fingerprint density at radius 1 is 0.929 bits per heavy atom. The molecule has 0 aromatic heterocycles. The Bertz CT molecular complexity index is 821. The number of carbonyl (C=O) groups is 4. The van der Waals surface area contributed by atoms with Crippen LogP contribution >= 0.6 is 0 Å². The first-order valence-electron chi connectivity index (χ1n) is 8.78. The van der Waals surface area contributed by atoms with Gasteiger partial charge in [-0.2, -0.15) is 0 Å². The lowest BCUT2D eigenvalue weighted by molar-refractivity contribution is -0.147. The zero-order chi connectivity index (χ0) is 20.4. The van der Waals surface area contributed by atoms with Crippen molar-refractivity contribution in [2.75, 3.05) is 13.2 Å². The summed E-state index contributed by atoms with van der Waals surface area (Å²) in [6.45, 7) is 0.499. The molecule has 2 aromatic rings. The molecule has 2 aromatic carbocycles. The van der Waals surface area contributed by atoms with Crippen molar-refractivity contribution >= 4 is 23.6 Å². The molecular formula is C21H22N2O5. The molecule has 0 spiro atoms. The van der Waals surface area contributed by atoms with Crippen LogP contribution in [-0.4, -0.2) is 42.8 Å². The van der Waals surface area contributed by atoms with Gasteiger partial charge in [0, 0.05) is 5.56 Å². The van der Waals surface area contributed by atoms with E-state index in [4.69, 9.17) is 4.74 Å².